The fraction of sp³-hybridized carbons (Fsp3) is 0.867. The number of ether oxygens (including phenoxy) is 2. The summed E-state index contributed by atoms with van der Waals surface area (Å²) in [5.41, 5.74) is 0. The van der Waals surface area contributed by atoms with Gasteiger partial charge in [-0.2, -0.15) is 0 Å². The first-order valence-electron chi connectivity index (χ1n) is 7.78. The third-order valence-corrected chi connectivity index (χ3v) is 4.49. The van der Waals surface area contributed by atoms with Crippen LogP contribution < -0.4 is 0 Å². The Morgan fingerprint density at radius 2 is 2.00 bits per heavy atom. The molecule has 6 nitrogen and oxygen atoms in total. The Balaban J connectivity index is 1.86. The lowest BCUT2D eigenvalue weighted by molar-refractivity contribution is -0.145. The Bertz CT molecular complexity index is 380. The predicted octanol–water partition coefficient (Wildman–Crippen LogP) is 1.14. The van der Waals surface area contributed by atoms with Crippen LogP contribution in [-0.2, 0) is 19.1 Å². The summed E-state index contributed by atoms with van der Waals surface area (Å²) in [5.74, 6) is -1.08. The molecule has 1 N–H and O–H groups in total. The van der Waals surface area contributed by atoms with Crippen LogP contribution in [-0.4, -0.2) is 60.4 Å². The predicted molar refractivity (Wildman–Crippen MR) is 75.9 cm³/mol. The molecule has 0 aromatic carbocycles. The average molecular weight is 299 g/mol. The molecule has 2 aliphatic rings. The van der Waals surface area contributed by atoms with Crippen LogP contribution in [0.3, 0.4) is 0 Å². The van der Waals surface area contributed by atoms with E-state index >= 15 is 0 Å². The van der Waals surface area contributed by atoms with Gasteiger partial charge in [-0.15, -0.1) is 0 Å². The third-order valence-electron chi connectivity index (χ3n) is 4.49. The Labute approximate surface area is 125 Å². The summed E-state index contributed by atoms with van der Waals surface area (Å²) in [6.45, 7) is 5.62. The van der Waals surface area contributed by atoms with Crippen LogP contribution >= 0.6 is 0 Å². The Morgan fingerprint density at radius 3 is 2.57 bits per heavy atom. The highest BCUT2D eigenvalue weighted by Gasteiger charge is 2.40. The highest BCUT2D eigenvalue weighted by atomic mass is 16.5. The Kier molecular flexibility index (Phi) is 5.58. The van der Waals surface area contributed by atoms with Crippen molar-refractivity contribution in [3.05, 3.63) is 0 Å². The molecule has 1 amide bonds. The highest BCUT2D eigenvalue weighted by Crippen LogP contribution is 2.33. The number of amides is 1. The topological polar surface area (TPSA) is 76.1 Å². The van der Waals surface area contributed by atoms with Crippen LogP contribution in [0.4, 0.5) is 0 Å². The van der Waals surface area contributed by atoms with E-state index in [0.29, 0.717) is 38.2 Å². The molecule has 2 rings (SSSR count). The SMILES string of the molecule is CCOC1CC(CC(=O)N(CC)C2COCC2C(=O)O)C1. The molecule has 0 radical (unpaired) electrons. The van der Waals surface area contributed by atoms with Crippen molar-refractivity contribution in [2.45, 2.75) is 45.3 Å². The molecule has 120 valence electrons. The number of hydrogen-bond acceptors (Lipinski definition) is 4. The maximum Gasteiger partial charge on any atom is 0.311 e. The van der Waals surface area contributed by atoms with Crippen molar-refractivity contribution < 1.29 is 24.2 Å². The van der Waals surface area contributed by atoms with Gasteiger partial charge in [0, 0.05) is 19.6 Å². The first-order valence-corrected chi connectivity index (χ1v) is 7.78. The van der Waals surface area contributed by atoms with Gasteiger partial charge in [-0.25, -0.2) is 0 Å². The number of rotatable bonds is 7. The standard InChI is InChI=1S/C15H25NO5/c1-3-16(13-9-20-8-12(13)15(18)19)14(17)7-10-5-11(6-10)21-4-2/h10-13H,3-9H2,1-2H3,(H,18,19). The van der Waals surface area contributed by atoms with Gasteiger partial charge >= 0.3 is 5.97 Å². The van der Waals surface area contributed by atoms with Crippen molar-refractivity contribution in [2.75, 3.05) is 26.4 Å². The minimum absolute atomic E-state index is 0.0409. The average Bonchev–Trinajstić information content (AvgIpc) is 2.86. The molecule has 6 heteroatoms. The molecule has 2 atom stereocenters. The van der Waals surface area contributed by atoms with Crippen molar-refractivity contribution in [3.8, 4) is 0 Å². The second-order valence-electron chi connectivity index (χ2n) is 5.85. The molecule has 1 saturated carbocycles. The number of carboxylic acid groups (broad SMARTS) is 1. The first-order chi connectivity index (χ1) is 10.1. The molecule has 1 heterocycles. The molecule has 1 aliphatic carbocycles. The second kappa shape index (κ2) is 7.22. The summed E-state index contributed by atoms with van der Waals surface area (Å²) in [6.07, 6.45) is 2.64. The maximum absolute atomic E-state index is 12.4. The Hall–Kier alpha value is -1.14. The molecule has 0 aromatic heterocycles. The van der Waals surface area contributed by atoms with Gasteiger partial charge in [0.2, 0.25) is 5.91 Å². The van der Waals surface area contributed by atoms with Gasteiger partial charge in [0.25, 0.3) is 0 Å². The molecule has 1 saturated heterocycles. The van der Waals surface area contributed by atoms with Crippen LogP contribution in [0.2, 0.25) is 0 Å². The number of hydrogen-bond donors (Lipinski definition) is 1. The van der Waals surface area contributed by atoms with E-state index in [4.69, 9.17) is 9.47 Å². The third kappa shape index (κ3) is 3.74. The summed E-state index contributed by atoms with van der Waals surface area (Å²) >= 11 is 0. The fourth-order valence-corrected chi connectivity index (χ4v) is 3.26. The normalized spacial score (nSPS) is 31.7. The monoisotopic (exact) mass is 299 g/mol. The molecule has 2 unspecified atom stereocenters. The lowest BCUT2D eigenvalue weighted by Crippen LogP contribution is -2.47. The largest absolute Gasteiger partial charge is 0.481 e. The quantitative estimate of drug-likeness (QED) is 0.763. The second-order valence-corrected chi connectivity index (χ2v) is 5.85. The van der Waals surface area contributed by atoms with Crippen LogP contribution in [0.5, 0.6) is 0 Å². The lowest BCUT2D eigenvalue weighted by Gasteiger charge is -2.37. The smallest absolute Gasteiger partial charge is 0.311 e. The number of aliphatic carboxylic acids is 1. The Morgan fingerprint density at radius 1 is 1.29 bits per heavy atom. The van der Waals surface area contributed by atoms with Crippen molar-refractivity contribution >= 4 is 11.9 Å². The number of carboxylic acids is 1. The molecule has 0 bridgehead atoms. The van der Waals surface area contributed by atoms with E-state index in [1.807, 2.05) is 13.8 Å². The van der Waals surface area contributed by atoms with E-state index in [0.717, 1.165) is 12.8 Å². The fourth-order valence-electron chi connectivity index (χ4n) is 3.26. The summed E-state index contributed by atoms with van der Waals surface area (Å²) in [6, 6.07) is -0.331. The summed E-state index contributed by atoms with van der Waals surface area (Å²) in [5, 5.41) is 9.21. The molecule has 0 aromatic rings. The number of carbonyl (C=O) groups is 2. The lowest BCUT2D eigenvalue weighted by atomic mass is 9.79. The zero-order valence-corrected chi connectivity index (χ0v) is 12.8. The van der Waals surface area contributed by atoms with E-state index < -0.39 is 11.9 Å². The molecular weight excluding hydrogens is 274 g/mol. The van der Waals surface area contributed by atoms with E-state index in [1.165, 1.54) is 0 Å². The van der Waals surface area contributed by atoms with E-state index in [-0.39, 0.29) is 18.6 Å². The van der Waals surface area contributed by atoms with Gasteiger partial charge in [-0.05, 0) is 32.6 Å². The van der Waals surface area contributed by atoms with Crippen molar-refractivity contribution in [1.29, 1.82) is 0 Å². The summed E-state index contributed by atoms with van der Waals surface area (Å²) in [4.78, 5) is 25.3. The van der Waals surface area contributed by atoms with Crippen LogP contribution in [0, 0.1) is 11.8 Å². The van der Waals surface area contributed by atoms with Gasteiger partial charge in [-0.1, -0.05) is 0 Å². The van der Waals surface area contributed by atoms with Gasteiger partial charge in [0.15, 0.2) is 0 Å². The number of carbonyl (C=O) groups excluding carboxylic acids is 1. The van der Waals surface area contributed by atoms with Crippen LogP contribution in [0.15, 0.2) is 0 Å². The van der Waals surface area contributed by atoms with E-state index in [9.17, 15) is 14.7 Å². The van der Waals surface area contributed by atoms with E-state index in [1.54, 1.807) is 4.90 Å². The molecule has 1 aliphatic heterocycles. The van der Waals surface area contributed by atoms with Crippen LogP contribution in [0.1, 0.15) is 33.1 Å². The number of nitrogens with zero attached hydrogens (tertiary/aromatic N) is 1. The highest BCUT2D eigenvalue weighted by molar-refractivity contribution is 5.79. The summed E-state index contributed by atoms with van der Waals surface area (Å²) < 4.78 is 10.8. The number of likely N-dealkylation sites (N-methyl/N-ethyl adjacent to an activating group) is 1. The maximum atomic E-state index is 12.4. The molecule has 0 spiro atoms. The van der Waals surface area contributed by atoms with Gasteiger partial charge in [0.05, 0.1) is 25.4 Å². The minimum Gasteiger partial charge on any atom is -0.481 e. The zero-order chi connectivity index (χ0) is 15.4. The van der Waals surface area contributed by atoms with Gasteiger partial charge < -0.3 is 19.5 Å². The molecular formula is C15H25NO5. The summed E-state index contributed by atoms with van der Waals surface area (Å²) in [7, 11) is 0. The first kappa shape index (κ1) is 16.2. The van der Waals surface area contributed by atoms with Gasteiger partial charge in [-0.3, -0.25) is 9.59 Å². The zero-order valence-electron chi connectivity index (χ0n) is 12.8. The van der Waals surface area contributed by atoms with Gasteiger partial charge in [0.1, 0.15) is 5.92 Å². The molecule has 2 fully saturated rings. The van der Waals surface area contributed by atoms with E-state index in [2.05, 4.69) is 0 Å². The van der Waals surface area contributed by atoms with Crippen molar-refractivity contribution in [2.24, 2.45) is 11.8 Å². The molecule has 21 heavy (non-hydrogen) atoms. The van der Waals surface area contributed by atoms with Crippen molar-refractivity contribution in [3.63, 3.8) is 0 Å². The minimum atomic E-state index is -0.885. The van der Waals surface area contributed by atoms with Crippen LogP contribution in [0.25, 0.3) is 0 Å². The van der Waals surface area contributed by atoms with Crippen molar-refractivity contribution in [1.82, 2.24) is 4.90 Å².